The van der Waals surface area contributed by atoms with E-state index in [1.165, 1.54) is 16.9 Å². The molecule has 0 saturated heterocycles. The number of nitrogens with zero attached hydrogens (tertiary/aromatic N) is 1. The van der Waals surface area contributed by atoms with Gasteiger partial charge in [0.1, 0.15) is 11.4 Å². The lowest BCUT2D eigenvalue weighted by molar-refractivity contribution is 0.102. The molecule has 7 heteroatoms. The third-order valence-electron chi connectivity index (χ3n) is 3.77. The number of anilines is 3. The van der Waals surface area contributed by atoms with Gasteiger partial charge >= 0.3 is 0 Å². The summed E-state index contributed by atoms with van der Waals surface area (Å²) < 4.78 is 5.10. The van der Waals surface area contributed by atoms with Gasteiger partial charge in [-0.05, 0) is 43.7 Å². The number of aryl methyl sites for hydroxylation is 2. The van der Waals surface area contributed by atoms with Crippen LogP contribution in [0.1, 0.15) is 21.6 Å². The molecule has 1 amide bonds. The lowest BCUT2D eigenvalue weighted by Gasteiger charge is -2.08. The summed E-state index contributed by atoms with van der Waals surface area (Å²) in [7, 11) is 1.54. The van der Waals surface area contributed by atoms with Crippen LogP contribution in [0.25, 0.3) is 0 Å². The van der Waals surface area contributed by atoms with Gasteiger partial charge in [-0.25, -0.2) is 4.98 Å². The SMILES string of the molecule is COc1ccc(NC(=O)c2csc(Nc3ccc(C)cc3C)n2)cc1Cl. The standard InChI is InChI=1S/C19H18ClN3O2S/c1-11-4-6-15(12(2)8-11)22-19-23-16(10-26-19)18(24)21-13-5-7-17(25-3)14(20)9-13/h4-10H,1-3H3,(H,21,24)(H,22,23). The van der Waals surface area contributed by atoms with Crippen LogP contribution >= 0.6 is 22.9 Å². The highest BCUT2D eigenvalue weighted by atomic mass is 35.5. The molecule has 1 heterocycles. The van der Waals surface area contributed by atoms with Crippen LogP contribution in [0.4, 0.5) is 16.5 Å². The second-order valence-corrected chi connectivity index (χ2v) is 7.05. The summed E-state index contributed by atoms with van der Waals surface area (Å²) in [5.74, 6) is 0.259. The zero-order valence-corrected chi connectivity index (χ0v) is 16.2. The Bertz CT molecular complexity index is 956. The number of hydrogen-bond donors (Lipinski definition) is 2. The number of methoxy groups -OCH3 is 1. The van der Waals surface area contributed by atoms with Crippen molar-refractivity contribution in [2.45, 2.75) is 13.8 Å². The minimum absolute atomic E-state index is 0.295. The van der Waals surface area contributed by atoms with E-state index in [1.54, 1.807) is 30.7 Å². The summed E-state index contributed by atoms with van der Waals surface area (Å²) in [6, 6.07) is 11.2. The van der Waals surface area contributed by atoms with Crippen molar-refractivity contribution in [1.29, 1.82) is 0 Å². The molecule has 1 aromatic heterocycles. The van der Waals surface area contributed by atoms with Gasteiger partial charge in [0.15, 0.2) is 5.13 Å². The summed E-state index contributed by atoms with van der Waals surface area (Å²) >= 11 is 7.46. The van der Waals surface area contributed by atoms with E-state index in [0.29, 0.717) is 27.3 Å². The highest BCUT2D eigenvalue weighted by molar-refractivity contribution is 7.14. The molecule has 0 bridgehead atoms. The molecule has 0 aliphatic rings. The molecule has 0 spiro atoms. The molecule has 5 nitrogen and oxygen atoms in total. The molecule has 2 N–H and O–H groups in total. The number of benzene rings is 2. The van der Waals surface area contributed by atoms with Crippen molar-refractivity contribution in [3.05, 3.63) is 63.6 Å². The molecule has 134 valence electrons. The quantitative estimate of drug-likeness (QED) is 0.613. The van der Waals surface area contributed by atoms with Crippen LogP contribution in [0.15, 0.2) is 41.8 Å². The third-order valence-corrected chi connectivity index (χ3v) is 4.82. The van der Waals surface area contributed by atoms with Crippen molar-refractivity contribution in [3.63, 3.8) is 0 Å². The third kappa shape index (κ3) is 4.15. The minimum Gasteiger partial charge on any atom is -0.495 e. The number of amides is 1. The fourth-order valence-electron chi connectivity index (χ4n) is 2.44. The second-order valence-electron chi connectivity index (χ2n) is 5.78. The average molecular weight is 388 g/mol. The summed E-state index contributed by atoms with van der Waals surface area (Å²) in [6.07, 6.45) is 0. The number of halogens is 1. The molecule has 0 aliphatic carbocycles. The van der Waals surface area contributed by atoms with Crippen molar-refractivity contribution in [1.82, 2.24) is 4.98 Å². The summed E-state index contributed by atoms with van der Waals surface area (Å²) in [4.78, 5) is 16.7. The zero-order valence-electron chi connectivity index (χ0n) is 14.6. The van der Waals surface area contributed by atoms with E-state index >= 15 is 0 Å². The predicted octanol–water partition coefficient (Wildman–Crippen LogP) is 5.42. The first-order chi connectivity index (χ1) is 12.5. The van der Waals surface area contributed by atoms with E-state index in [4.69, 9.17) is 16.3 Å². The summed E-state index contributed by atoms with van der Waals surface area (Å²) in [5.41, 5.74) is 4.22. The first-order valence-corrected chi connectivity index (χ1v) is 9.16. The molecule has 0 fully saturated rings. The number of ether oxygens (including phenoxy) is 1. The van der Waals surface area contributed by atoms with Crippen LogP contribution in [-0.4, -0.2) is 18.0 Å². The molecule has 3 rings (SSSR count). The first kappa shape index (κ1) is 18.2. The van der Waals surface area contributed by atoms with Gasteiger partial charge in [0.2, 0.25) is 0 Å². The Morgan fingerprint density at radius 3 is 2.69 bits per heavy atom. The van der Waals surface area contributed by atoms with Gasteiger partial charge in [0.05, 0.1) is 12.1 Å². The molecule has 0 aliphatic heterocycles. The molecule has 0 atom stereocenters. The minimum atomic E-state index is -0.295. The first-order valence-electron chi connectivity index (χ1n) is 7.91. The monoisotopic (exact) mass is 387 g/mol. The summed E-state index contributed by atoms with van der Waals surface area (Å²) in [6.45, 7) is 4.08. The van der Waals surface area contributed by atoms with Crippen molar-refractivity contribution >= 4 is 45.4 Å². The molecule has 0 saturated carbocycles. The lowest BCUT2D eigenvalue weighted by atomic mass is 10.1. The van der Waals surface area contributed by atoms with Gasteiger partial charge in [-0.2, -0.15) is 0 Å². The Morgan fingerprint density at radius 1 is 1.19 bits per heavy atom. The van der Waals surface area contributed by atoms with Crippen LogP contribution < -0.4 is 15.4 Å². The summed E-state index contributed by atoms with van der Waals surface area (Å²) in [5, 5.41) is 8.84. The maximum Gasteiger partial charge on any atom is 0.275 e. The molecular weight excluding hydrogens is 370 g/mol. The lowest BCUT2D eigenvalue weighted by Crippen LogP contribution is -2.12. The van der Waals surface area contributed by atoms with E-state index in [9.17, 15) is 4.79 Å². The van der Waals surface area contributed by atoms with E-state index in [0.717, 1.165) is 11.3 Å². The van der Waals surface area contributed by atoms with Crippen LogP contribution in [0.2, 0.25) is 5.02 Å². The number of thiazole rings is 1. The van der Waals surface area contributed by atoms with Gasteiger partial charge < -0.3 is 15.4 Å². The van der Waals surface area contributed by atoms with Gasteiger partial charge in [-0.1, -0.05) is 29.3 Å². The maximum absolute atomic E-state index is 12.4. The van der Waals surface area contributed by atoms with Crippen LogP contribution in [-0.2, 0) is 0 Å². The van der Waals surface area contributed by atoms with Crippen LogP contribution in [0.3, 0.4) is 0 Å². The highest BCUT2D eigenvalue weighted by Gasteiger charge is 2.13. The highest BCUT2D eigenvalue weighted by Crippen LogP contribution is 2.28. The number of carbonyl (C=O) groups excluding carboxylic acids is 1. The number of rotatable bonds is 5. The van der Waals surface area contributed by atoms with Gasteiger partial charge in [0.25, 0.3) is 5.91 Å². The number of hydrogen-bond acceptors (Lipinski definition) is 5. The topological polar surface area (TPSA) is 63.2 Å². The van der Waals surface area contributed by atoms with E-state index < -0.39 is 0 Å². The van der Waals surface area contributed by atoms with Crippen molar-refractivity contribution in [3.8, 4) is 5.75 Å². The Balaban J connectivity index is 1.70. The van der Waals surface area contributed by atoms with Gasteiger partial charge in [0, 0.05) is 16.8 Å². The molecule has 0 radical (unpaired) electrons. The Hall–Kier alpha value is -2.57. The molecule has 26 heavy (non-hydrogen) atoms. The number of carbonyl (C=O) groups is 1. The number of aromatic nitrogens is 1. The molecule has 0 unspecified atom stereocenters. The van der Waals surface area contributed by atoms with Crippen molar-refractivity contribution < 1.29 is 9.53 Å². The van der Waals surface area contributed by atoms with E-state index in [-0.39, 0.29) is 5.91 Å². The Kier molecular flexibility index (Phi) is 5.44. The second kappa shape index (κ2) is 7.76. The fraction of sp³-hybridized carbons (Fsp3) is 0.158. The smallest absolute Gasteiger partial charge is 0.275 e. The molecular formula is C19H18ClN3O2S. The largest absolute Gasteiger partial charge is 0.495 e. The van der Waals surface area contributed by atoms with E-state index in [1.807, 2.05) is 26.0 Å². The van der Waals surface area contributed by atoms with Crippen LogP contribution in [0, 0.1) is 13.8 Å². The number of nitrogens with one attached hydrogen (secondary N) is 2. The predicted molar refractivity (Wildman–Crippen MR) is 107 cm³/mol. The van der Waals surface area contributed by atoms with Gasteiger partial charge in [-0.15, -0.1) is 11.3 Å². The average Bonchev–Trinajstić information content (AvgIpc) is 3.06. The van der Waals surface area contributed by atoms with Crippen molar-refractivity contribution in [2.75, 3.05) is 17.7 Å². The van der Waals surface area contributed by atoms with E-state index in [2.05, 4.69) is 21.7 Å². The Morgan fingerprint density at radius 2 is 2.00 bits per heavy atom. The van der Waals surface area contributed by atoms with Gasteiger partial charge in [-0.3, -0.25) is 4.79 Å². The maximum atomic E-state index is 12.4. The normalized spacial score (nSPS) is 10.5. The molecule has 2 aromatic carbocycles. The van der Waals surface area contributed by atoms with Crippen LogP contribution in [0.5, 0.6) is 5.75 Å². The molecule has 3 aromatic rings. The fourth-order valence-corrected chi connectivity index (χ4v) is 3.40. The zero-order chi connectivity index (χ0) is 18.7. The Labute approximate surface area is 161 Å². The van der Waals surface area contributed by atoms with Crippen molar-refractivity contribution in [2.24, 2.45) is 0 Å².